The van der Waals surface area contributed by atoms with Gasteiger partial charge < -0.3 is 14.6 Å². The average molecular weight is 365 g/mol. The summed E-state index contributed by atoms with van der Waals surface area (Å²) >= 11 is 1.68. The van der Waals surface area contributed by atoms with Gasteiger partial charge in [0.25, 0.3) is 6.47 Å². The second kappa shape index (κ2) is 8.72. The minimum Gasteiger partial charge on any atom is -0.483 e. The fraction of sp³-hybridized carbons (Fsp3) is 0.500. The van der Waals surface area contributed by atoms with Gasteiger partial charge in [0.05, 0.1) is 12.9 Å². The first-order chi connectivity index (χ1) is 12.0. The van der Waals surface area contributed by atoms with Crippen molar-refractivity contribution in [1.82, 2.24) is 24.3 Å². The van der Waals surface area contributed by atoms with Crippen molar-refractivity contribution in [3.63, 3.8) is 0 Å². The summed E-state index contributed by atoms with van der Waals surface area (Å²) < 4.78 is 1.98. The van der Waals surface area contributed by atoms with Crippen molar-refractivity contribution in [1.29, 1.82) is 0 Å². The number of hydrogen-bond acceptors (Lipinski definition) is 6. The number of amides is 1. The van der Waals surface area contributed by atoms with Crippen LogP contribution in [0.25, 0.3) is 0 Å². The molecule has 2 aromatic rings. The minimum absolute atomic E-state index is 0.152. The number of rotatable bonds is 4. The Bertz CT molecular complexity index is 649. The molecule has 0 spiro atoms. The topological polar surface area (TPSA) is 91.6 Å². The van der Waals surface area contributed by atoms with Crippen LogP contribution in [0.4, 0.5) is 0 Å². The Kier molecular flexibility index (Phi) is 6.65. The SMILES string of the molecule is CN(C)C(=O)C1(n2ccnc2)CCN(Cc2nccs2)CC1.O=CO. The smallest absolute Gasteiger partial charge is 0.290 e. The van der Waals surface area contributed by atoms with E-state index in [0.717, 1.165) is 37.5 Å². The fourth-order valence-corrected chi connectivity index (χ4v) is 3.77. The molecular formula is C16H23N5O3S. The summed E-state index contributed by atoms with van der Waals surface area (Å²) in [7, 11) is 3.64. The molecule has 0 aliphatic carbocycles. The fourth-order valence-electron chi connectivity index (χ4n) is 3.11. The zero-order valence-corrected chi connectivity index (χ0v) is 15.2. The van der Waals surface area contributed by atoms with Gasteiger partial charge in [-0.3, -0.25) is 14.5 Å². The van der Waals surface area contributed by atoms with E-state index in [2.05, 4.69) is 14.9 Å². The van der Waals surface area contributed by atoms with Gasteiger partial charge in [0.1, 0.15) is 10.5 Å². The maximum Gasteiger partial charge on any atom is 0.290 e. The predicted molar refractivity (Wildman–Crippen MR) is 94.2 cm³/mol. The van der Waals surface area contributed by atoms with Gasteiger partial charge in [-0.15, -0.1) is 11.3 Å². The first-order valence-corrected chi connectivity index (χ1v) is 8.80. The summed E-state index contributed by atoms with van der Waals surface area (Å²) in [6, 6.07) is 0. The molecule has 1 N–H and O–H groups in total. The van der Waals surface area contributed by atoms with E-state index in [0.29, 0.717) is 0 Å². The molecule has 136 valence electrons. The molecule has 1 saturated heterocycles. The number of hydrogen-bond donors (Lipinski definition) is 1. The van der Waals surface area contributed by atoms with Crippen LogP contribution in [0.2, 0.25) is 0 Å². The Hall–Kier alpha value is -2.26. The van der Waals surface area contributed by atoms with Crippen LogP contribution in [-0.2, 0) is 21.7 Å². The second-order valence-electron chi connectivity index (χ2n) is 6.01. The Morgan fingerprint density at radius 1 is 1.40 bits per heavy atom. The number of thiazole rings is 1. The molecule has 3 rings (SSSR count). The lowest BCUT2D eigenvalue weighted by Crippen LogP contribution is -2.54. The molecule has 1 aliphatic rings. The van der Waals surface area contributed by atoms with Gasteiger partial charge in [0.2, 0.25) is 5.91 Å². The van der Waals surface area contributed by atoms with E-state index in [4.69, 9.17) is 9.90 Å². The van der Waals surface area contributed by atoms with Crippen LogP contribution in [-0.4, -0.2) is 69.0 Å². The molecular weight excluding hydrogens is 342 g/mol. The zero-order chi connectivity index (χ0) is 18.3. The van der Waals surface area contributed by atoms with E-state index >= 15 is 0 Å². The van der Waals surface area contributed by atoms with Gasteiger partial charge in [0.15, 0.2) is 0 Å². The van der Waals surface area contributed by atoms with Crippen LogP contribution >= 0.6 is 11.3 Å². The lowest BCUT2D eigenvalue weighted by atomic mass is 9.85. The van der Waals surface area contributed by atoms with Crippen LogP contribution in [0.1, 0.15) is 17.8 Å². The lowest BCUT2D eigenvalue weighted by Gasteiger charge is -2.42. The molecule has 3 heterocycles. The third kappa shape index (κ3) is 4.43. The predicted octanol–water partition coefficient (Wildman–Crippen LogP) is 1.12. The number of carbonyl (C=O) groups is 2. The Labute approximate surface area is 150 Å². The molecule has 0 atom stereocenters. The molecule has 9 heteroatoms. The summed E-state index contributed by atoms with van der Waals surface area (Å²) in [5, 5.41) is 10.0. The summed E-state index contributed by atoms with van der Waals surface area (Å²) in [5.74, 6) is 0.152. The molecule has 2 aromatic heterocycles. The molecule has 1 amide bonds. The van der Waals surface area contributed by atoms with Gasteiger partial charge >= 0.3 is 0 Å². The summed E-state index contributed by atoms with van der Waals surface area (Å²) in [4.78, 5) is 33.7. The quantitative estimate of drug-likeness (QED) is 0.817. The van der Waals surface area contributed by atoms with Crippen LogP contribution in [0.3, 0.4) is 0 Å². The maximum absolute atomic E-state index is 12.8. The Morgan fingerprint density at radius 2 is 2.08 bits per heavy atom. The van der Waals surface area contributed by atoms with Crippen molar-refractivity contribution in [2.45, 2.75) is 24.9 Å². The molecule has 0 saturated carbocycles. The standard InChI is InChI=1S/C15H21N5OS.CH2O2/c1-18(2)14(21)15(20-9-5-16-12-20)3-7-19(8-4-15)11-13-17-6-10-22-13;2-1-3/h5-6,9-10,12H,3-4,7-8,11H2,1-2H3;1H,(H,2,3). The van der Waals surface area contributed by atoms with Crippen molar-refractivity contribution in [2.75, 3.05) is 27.2 Å². The van der Waals surface area contributed by atoms with Crippen LogP contribution < -0.4 is 0 Å². The maximum atomic E-state index is 12.8. The number of carboxylic acid groups (broad SMARTS) is 1. The Morgan fingerprint density at radius 3 is 2.56 bits per heavy atom. The molecule has 0 bridgehead atoms. The van der Waals surface area contributed by atoms with Crippen molar-refractivity contribution >= 4 is 23.7 Å². The zero-order valence-electron chi connectivity index (χ0n) is 14.4. The molecule has 0 radical (unpaired) electrons. The summed E-state index contributed by atoms with van der Waals surface area (Å²) in [5.41, 5.74) is -0.501. The molecule has 1 aliphatic heterocycles. The highest BCUT2D eigenvalue weighted by atomic mass is 32.1. The number of imidazole rings is 1. The van der Waals surface area contributed by atoms with E-state index in [1.54, 1.807) is 28.8 Å². The van der Waals surface area contributed by atoms with Gasteiger partial charge in [-0.2, -0.15) is 0 Å². The number of likely N-dealkylation sites (N-methyl/N-ethyl adjacent to an activating group) is 1. The highest BCUT2D eigenvalue weighted by Crippen LogP contribution is 2.32. The van der Waals surface area contributed by atoms with Gasteiger partial charge in [-0.1, -0.05) is 0 Å². The highest BCUT2D eigenvalue weighted by molar-refractivity contribution is 7.09. The molecule has 0 unspecified atom stereocenters. The van der Waals surface area contributed by atoms with Crippen LogP contribution in [0, 0.1) is 0 Å². The number of likely N-dealkylation sites (tertiary alicyclic amines) is 1. The van der Waals surface area contributed by atoms with E-state index in [1.165, 1.54) is 0 Å². The van der Waals surface area contributed by atoms with E-state index in [9.17, 15) is 4.79 Å². The average Bonchev–Trinajstić information content (AvgIpc) is 3.29. The highest BCUT2D eigenvalue weighted by Gasteiger charge is 2.43. The van der Waals surface area contributed by atoms with Crippen molar-refractivity contribution in [3.8, 4) is 0 Å². The molecule has 8 nitrogen and oxygen atoms in total. The second-order valence-corrected chi connectivity index (χ2v) is 6.99. The van der Waals surface area contributed by atoms with Crippen molar-refractivity contribution < 1.29 is 14.7 Å². The van der Waals surface area contributed by atoms with E-state index in [1.807, 2.05) is 36.4 Å². The third-order valence-corrected chi connectivity index (χ3v) is 5.09. The summed E-state index contributed by atoms with van der Waals surface area (Å²) in [6.45, 7) is 2.39. The number of piperidine rings is 1. The van der Waals surface area contributed by atoms with Gasteiger partial charge in [0, 0.05) is 51.2 Å². The number of aromatic nitrogens is 3. The lowest BCUT2D eigenvalue weighted by molar-refractivity contribution is -0.141. The summed E-state index contributed by atoms with van der Waals surface area (Å²) in [6.07, 6.45) is 8.84. The van der Waals surface area contributed by atoms with Crippen LogP contribution in [0.15, 0.2) is 30.3 Å². The first-order valence-electron chi connectivity index (χ1n) is 7.92. The van der Waals surface area contributed by atoms with Crippen LogP contribution in [0.5, 0.6) is 0 Å². The molecule has 0 aromatic carbocycles. The first kappa shape index (κ1) is 19.1. The minimum atomic E-state index is -0.501. The van der Waals surface area contributed by atoms with Gasteiger partial charge in [-0.05, 0) is 12.8 Å². The largest absolute Gasteiger partial charge is 0.483 e. The molecule has 25 heavy (non-hydrogen) atoms. The molecule has 1 fully saturated rings. The van der Waals surface area contributed by atoms with E-state index in [-0.39, 0.29) is 12.4 Å². The normalized spacial score (nSPS) is 16.6. The van der Waals surface area contributed by atoms with Crippen molar-refractivity contribution in [2.24, 2.45) is 0 Å². The number of nitrogens with zero attached hydrogens (tertiary/aromatic N) is 5. The Balaban J connectivity index is 0.000000701. The number of carbonyl (C=O) groups excluding carboxylic acids is 1. The monoisotopic (exact) mass is 365 g/mol. The van der Waals surface area contributed by atoms with Gasteiger partial charge in [-0.25, -0.2) is 9.97 Å². The van der Waals surface area contributed by atoms with Crippen molar-refractivity contribution in [3.05, 3.63) is 35.3 Å². The van der Waals surface area contributed by atoms with E-state index < -0.39 is 5.54 Å². The third-order valence-electron chi connectivity index (χ3n) is 4.33.